The molecule has 1 aromatic rings. The fourth-order valence-electron chi connectivity index (χ4n) is 2.05. The molecule has 0 aromatic heterocycles. The van der Waals surface area contributed by atoms with Crippen molar-refractivity contribution < 1.29 is 13.2 Å². The highest BCUT2D eigenvalue weighted by molar-refractivity contribution is 7.89. The second-order valence-corrected chi connectivity index (χ2v) is 6.22. The first-order valence-electron chi connectivity index (χ1n) is 7.08. The van der Waals surface area contributed by atoms with Crippen LogP contribution in [0, 0.1) is 0 Å². The first-order chi connectivity index (χ1) is 10.3. The molecule has 22 heavy (non-hydrogen) atoms. The number of hydrogen-bond acceptors (Lipinski definition) is 4. The van der Waals surface area contributed by atoms with Crippen LogP contribution in [0.15, 0.2) is 28.1 Å². The minimum Gasteiger partial charge on any atom is -0.495 e. The first kappa shape index (κ1) is 18.2. The van der Waals surface area contributed by atoms with Gasteiger partial charge in [0, 0.05) is 19.6 Å². The Balaban J connectivity index is 2.86. The van der Waals surface area contributed by atoms with E-state index < -0.39 is 10.0 Å². The number of sulfonamides is 1. The molecule has 0 fully saturated rings. The van der Waals surface area contributed by atoms with Crippen molar-refractivity contribution in [3.63, 3.8) is 0 Å². The average Bonchev–Trinajstić information content (AvgIpc) is 2.47. The lowest BCUT2D eigenvalue weighted by atomic mass is 10.1. The highest BCUT2D eigenvalue weighted by Gasteiger charge is 2.15. The zero-order chi connectivity index (χ0) is 16.8. The molecule has 7 nitrogen and oxygen atoms in total. The molecular formula is C14H24N4O3S. The van der Waals surface area contributed by atoms with Gasteiger partial charge in [-0.25, -0.2) is 13.6 Å². The van der Waals surface area contributed by atoms with E-state index in [1.54, 1.807) is 12.1 Å². The molecule has 0 aliphatic rings. The quantitative estimate of drug-likeness (QED) is 0.560. The van der Waals surface area contributed by atoms with Crippen molar-refractivity contribution in [1.29, 1.82) is 0 Å². The maximum Gasteiger partial charge on any atom is 0.241 e. The van der Waals surface area contributed by atoms with E-state index in [9.17, 15) is 8.42 Å². The Kier molecular flexibility index (Phi) is 6.63. The van der Waals surface area contributed by atoms with E-state index in [1.165, 1.54) is 13.2 Å². The Morgan fingerprint density at radius 1 is 1.32 bits per heavy atom. The van der Waals surface area contributed by atoms with Gasteiger partial charge in [0.15, 0.2) is 5.96 Å². The smallest absolute Gasteiger partial charge is 0.241 e. The highest BCUT2D eigenvalue weighted by Crippen LogP contribution is 2.23. The van der Waals surface area contributed by atoms with Gasteiger partial charge in [-0.2, -0.15) is 0 Å². The van der Waals surface area contributed by atoms with Gasteiger partial charge < -0.3 is 15.4 Å². The summed E-state index contributed by atoms with van der Waals surface area (Å²) in [5.41, 5.74) is 6.69. The molecule has 0 saturated heterocycles. The van der Waals surface area contributed by atoms with Crippen LogP contribution >= 0.6 is 0 Å². The molecule has 0 spiro atoms. The second-order valence-electron chi connectivity index (χ2n) is 4.69. The number of rotatable bonds is 7. The van der Waals surface area contributed by atoms with Gasteiger partial charge in [0.2, 0.25) is 10.0 Å². The lowest BCUT2D eigenvalue weighted by molar-refractivity contribution is 0.402. The number of nitrogens with zero attached hydrogens (tertiary/aromatic N) is 2. The van der Waals surface area contributed by atoms with Crippen molar-refractivity contribution in [2.45, 2.75) is 25.2 Å². The molecule has 0 radical (unpaired) electrons. The summed E-state index contributed by atoms with van der Waals surface area (Å²) in [5, 5.41) is 5.19. The summed E-state index contributed by atoms with van der Waals surface area (Å²) in [5.74, 6) is 0.725. The molecule has 8 heteroatoms. The predicted molar refractivity (Wildman–Crippen MR) is 87.5 cm³/mol. The Bertz CT molecular complexity index is 625. The third-order valence-electron chi connectivity index (χ3n) is 3.30. The molecular weight excluding hydrogens is 304 g/mol. The third-order valence-corrected chi connectivity index (χ3v) is 4.23. The lowest BCUT2D eigenvalue weighted by Crippen LogP contribution is -2.37. The van der Waals surface area contributed by atoms with E-state index in [1.807, 2.05) is 18.7 Å². The van der Waals surface area contributed by atoms with E-state index in [0.29, 0.717) is 18.9 Å². The summed E-state index contributed by atoms with van der Waals surface area (Å²) in [6.07, 6.45) is 0.564. The maximum absolute atomic E-state index is 11.6. The topological polar surface area (TPSA) is 111 Å². The summed E-state index contributed by atoms with van der Waals surface area (Å²) in [6, 6.07) is 4.89. The molecule has 0 amide bonds. The number of hydrogen-bond donors (Lipinski definition) is 2. The number of methoxy groups -OCH3 is 1. The van der Waals surface area contributed by atoms with Crippen LogP contribution in [0.25, 0.3) is 0 Å². The monoisotopic (exact) mass is 328 g/mol. The van der Waals surface area contributed by atoms with Crippen LogP contribution in [0.1, 0.15) is 19.4 Å². The fourth-order valence-corrected chi connectivity index (χ4v) is 2.79. The maximum atomic E-state index is 11.6. The van der Waals surface area contributed by atoms with Gasteiger partial charge in [0.25, 0.3) is 0 Å². The minimum atomic E-state index is -3.82. The molecule has 0 saturated carbocycles. The predicted octanol–water partition coefficient (Wildman–Crippen LogP) is 0.542. The summed E-state index contributed by atoms with van der Waals surface area (Å²) >= 11 is 0. The Morgan fingerprint density at radius 2 is 1.95 bits per heavy atom. The van der Waals surface area contributed by atoms with E-state index in [4.69, 9.17) is 15.6 Å². The Hall–Kier alpha value is -1.80. The van der Waals surface area contributed by atoms with Gasteiger partial charge in [-0.05, 0) is 38.0 Å². The Morgan fingerprint density at radius 3 is 2.45 bits per heavy atom. The van der Waals surface area contributed by atoms with Gasteiger partial charge >= 0.3 is 0 Å². The normalized spacial score (nSPS) is 12.3. The number of aliphatic imine (C=N–C) groups is 1. The van der Waals surface area contributed by atoms with Crippen molar-refractivity contribution in [1.82, 2.24) is 4.90 Å². The van der Waals surface area contributed by atoms with Gasteiger partial charge in [0.05, 0.1) is 7.11 Å². The van der Waals surface area contributed by atoms with Crippen LogP contribution in [0.4, 0.5) is 0 Å². The number of benzene rings is 1. The van der Waals surface area contributed by atoms with Gasteiger partial charge in [-0.1, -0.05) is 6.07 Å². The molecule has 0 aliphatic heterocycles. The van der Waals surface area contributed by atoms with E-state index in [-0.39, 0.29) is 10.6 Å². The van der Waals surface area contributed by atoms with Gasteiger partial charge in [-0.3, -0.25) is 4.99 Å². The Labute approximate surface area is 132 Å². The van der Waals surface area contributed by atoms with Crippen LogP contribution in [0.5, 0.6) is 5.75 Å². The van der Waals surface area contributed by atoms with E-state index in [2.05, 4.69) is 4.99 Å². The number of guanidine groups is 1. The van der Waals surface area contributed by atoms with E-state index >= 15 is 0 Å². The molecule has 0 bridgehead atoms. The average molecular weight is 328 g/mol. The van der Waals surface area contributed by atoms with Crippen LogP contribution in [-0.4, -0.2) is 46.0 Å². The number of nitrogens with two attached hydrogens (primary N) is 2. The van der Waals surface area contributed by atoms with Crippen LogP contribution < -0.4 is 15.6 Å². The molecule has 4 N–H and O–H groups in total. The molecule has 124 valence electrons. The second kappa shape index (κ2) is 8.00. The number of ether oxygens (including phenoxy) is 1. The fraction of sp³-hybridized carbons (Fsp3) is 0.500. The van der Waals surface area contributed by atoms with Crippen molar-refractivity contribution in [3.05, 3.63) is 23.8 Å². The molecule has 0 atom stereocenters. The standard InChI is InChI=1S/C14H24N4O3S/c1-4-18(5-2)14(15)17-9-8-11-6-7-12(21-3)13(10-11)22(16,19)20/h6-7,10H,4-5,8-9H2,1-3H3,(H2,15,17)(H2,16,19,20). The highest BCUT2D eigenvalue weighted by atomic mass is 32.2. The third kappa shape index (κ3) is 4.88. The summed E-state index contributed by atoms with van der Waals surface area (Å²) < 4.78 is 28.1. The summed E-state index contributed by atoms with van der Waals surface area (Å²) in [7, 11) is -2.42. The zero-order valence-corrected chi connectivity index (χ0v) is 14.1. The summed E-state index contributed by atoms with van der Waals surface area (Å²) in [6.45, 7) is 6.08. The molecule has 0 heterocycles. The van der Waals surface area contributed by atoms with Crippen molar-refractivity contribution in [2.24, 2.45) is 15.9 Å². The molecule has 0 aliphatic carbocycles. The van der Waals surface area contributed by atoms with Gasteiger partial charge in [-0.15, -0.1) is 0 Å². The zero-order valence-electron chi connectivity index (χ0n) is 13.2. The van der Waals surface area contributed by atoms with E-state index in [0.717, 1.165) is 18.7 Å². The minimum absolute atomic E-state index is 0.0202. The summed E-state index contributed by atoms with van der Waals surface area (Å²) in [4.78, 5) is 6.23. The largest absolute Gasteiger partial charge is 0.495 e. The van der Waals surface area contributed by atoms with Crippen molar-refractivity contribution in [3.8, 4) is 5.75 Å². The van der Waals surface area contributed by atoms with Crippen molar-refractivity contribution >= 4 is 16.0 Å². The van der Waals surface area contributed by atoms with Crippen LogP contribution in [-0.2, 0) is 16.4 Å². The SMILES string of the molecule is CCN(CC)C(N)=NCCc1ccc(OC)c(S(N)(=O)=O)c1. The lowest BCUT2D eigenvalue weighted by Gasteiger charge is -2.19. The molecule has 1 rings (SSSR count). The van der Waals surface area contributed by atoms with Crippen LogP contribution in [0.2, 0.25) is 0 Å². The number of primary sulfonamides is 1. The first-order valence-corrected chi connectivity index (χ1v) is 8.62. The van der Waals surface area contributed by atoms with Gasteiger partial charge in [0.1, 0.15) is 10.6 Å². The van der Waals surface area contributed by atoms with Crippen LogP contribution in [0.3, 0.4) is 0 Å². The van der Waals surface area contributed by atoms with Crippen molar-refractivity contribution in [2.75, 3.05) is 26.7 Å². The molecule has 0 unspecified atom stereocenters. The molecule has 1 aromatic carbocycles.